The Hall–Kier alpha value is -1.19. The highest BCUT2D eigenvalue weighted by molar-refractivity contribution is 9.10. The summed E-state index contributed by atoms with van der Waals surface area (Å²) in [5, 5.41) is 0. The molecule has 0 aliphatic heterocycles. The van der Waals surface area contributed by atoms with Gasteiger partial charge in [-0.25, -0.2) is 0 Å². The summed E-state index contributed by atoms with van der Waals surface area (Å²) in [5.41, 5.74) is 10.5. The largest absolute Gasteiger partial charge is 0.324 e. The van der Waals surface area contributed by atoms with E-state index in [1.807, 2.05) is 6.20 Å². The number of rotatable bonds is 3. The number of nitrogens with zero attached hydrogens (tertiary/aromatic N) is 1. The number of aryl methyl sites for hydroxylation is 1. The molecule has 2 unspecified atom stereocenters. The molecule has 0 radical (unpaired) electrons. The average Bonchev–Trinajstić information content (AvgIpc) is 2.47. The zero-order valence-corrected chi connectivity index (χ0v) is 13.0. The second-order valence-electron chi connectivity index (χ2n) is 5.57. The van der Waals surface area contributed by atoms with E-state index in [9.17, 15) is 0 Å². The maximum atomic E-state index is 6.39. The van der Waals surface area contributed by atoms with Gasteiger partial charge in [-0.2, -0.15) is 0 Å². The highest BCUT2D eigenvalue weighted by atomic mass is 79.9. The van der Waals surface area contributed by atoms with Crippen LogP contribution in [0.4, 0.5) is 0 Å². The van der Waals surface area contributed by atoms with Crippen LogP contribution in [0.25, 0.3) is 0 Å². The number of fused-ring (bicyclic) bond motifs is 1. The summed E-state index contributed by atoms with van der Waals surface area (Å²) >= 11 is 3.46. The van der Waals surface area contributed by atoms with Crippen LogP contribution in [0.2, 0.25) is 0 Å². The Morgan fingerprint density at radius 1 is 1.30 bits per heavy atom. The second kappa shape index (κ2) is 6.06. The minimum absolute atomic E-state index is 0.0520. The molecule has 1 aliphatic rings. The monoisotopic (exact) mass is 330 g/mol. The van der Waals surface area contributed by atoms with E-state index in [-0.39, 0.29) is 6.04 Å². The Balaban J connectivity index is 1.79. The topological polar surface area (TPSA) is 38.9 Å². The number of nitrogens with two attached hydrogens (primary N) is 1. The molecule has 0 fully saturated rings. The smallest absolute Gasteiger partial charge is 0.0410 e. The molecule has 3 heteroatoms. The lowest BCUT2D eigenvalue weighted by Crippen LogP contribution is -2.18. The van der Waals surface area contributed by atoms with E-state index < -0.39 is 0 Å². The zero-order chi connectivity index (χ0) is 13.9. The van der Waals surface area contributed by atoms with E-state index in [2.05, 4.69) is 51.2 Å². The lowest BCUT2D eigenvalue weighted by Gasteiger charge is -2.27. The first-order chi connectivity index (χ1) is 9.74. The van der Waals surface area contributed by atoms with Crippen molar-refractivity contribution in [3.05, 3.63) is 63.9 Å². The molecule has 2 atom stereocenters. The van der Waals surface area contributed by atoms with Crippen LogP contribution in [0, 0.1) is 0 Å². The van der Waals surface area contributed by atoms with E-state index in [0.29, 0.717) is 5.92 Å². The predicted molar refractivity (Wildman–Crippen MR) is 85.6 cm³/mol. The first kappa shape index (κ1) is 13.8. The molecule has 104 valence electrons. The van der Waals surface area contributed by atoms with Gasteiger partial charge in [0, 0.05) is 22.9 Å². The molecule has 0 amide bonds. The van der Waals surface area contributed by atoms with Crippen molar-refractivity contribution < 1.29 is 0 Å². The maximum absolute atomic E-state index is 6.39. The van der Waals surface area contributed by atoms with Crippen molar-refractivity contribution in [2.75, 3.05) is 0 Å². The van der Waals surface area contributed by atoms with Crippen molar-refractivity contribution >= 4 is 15.9 Å². The Morgan fingerprint density at radius 2 is 2.15 bits per heavy atom. The van der Waals surface area contributed by atoms with Crippen LogP contribution in [-0.4, -0.2) is 4.98 Å². The Bertz CT molecular complexity index is 597. The molecule has 1 aromatic heterocycles. The first-order valence-corrected chi connectivity index (χ1v) is 7.97. The summed E-state index contributed by atoms with van der Waals surface area (Å²) in [6.45, 7) is 0. The number of benzene rings is 1. The molecular weight excluding hydrogens is 312 g/mol. The van der Waals surface area contributed by atoms with E-state index in [1.54, 1.807) is 6.20 Å². The molecule has 1 aliphatic carbocycles. The van der Waals surface area contributed by atoms with Gasteiger partial charge in [-0.05, 0) is 70.3 Å². The number of hydrogen-bond donors (Lipinski definition) is 1. The summed E-state index contributed by atoms with van der Waals surface area (Å²) < 4.78 is 0.995. The fraction of sp³-hybridized carbons (Fsp3) is 0.353. The lowest BCUT2D eigenvalue weighted by molar-refractivity contribution is 0.476. The lowest BCUT2D eigenvalue weighted by atomic mass is 9.79. The van der Waals surface area contributed by atoms with Gasteiger partial charge in [0.05, 0.1) is 0 Å². The van der Waals surface area contributed by atoms with Crippen LogP contribution in [0.1, 0.15) is 47.9 Å². The Labute approximate surface area is 128 Å². The summed E-state index contributed by atoms with van der Waals surface area (Å²) in [6, 6.07) is 10.9. The molecule has 3 rings (SSSR count). The fourth-order valence-corrected chi connectivity index (χ4v) is 3.56. The van der Waals surface area contributed by atoms with E-state index in [4.69, 9.17) is 5.73 Å². The van der Waals surface area contributed by atoms with Gasteiger partial charge in [0.25, 0.3) is 0 Å². The Kier molecular flexibility index (Phi) is 4.18. The second-order valence-corrected chi connectivity index (χ2v) is 6.48. The summed E-state index contributed by atoms with van der Waals surface area (Å²) in [4.78, 5) is 4.22. The van der Waals surface area contributed by atoms with Crippen LogP contribution < -0.4 is 5.73 Å². The number of halogens is 1. The quantitative estimate of drug-likeness (QED) is 0.908. The molecule has 0 saturated carbocycles. The van der Waals surface area contributed by atoms with Crippen LogP contribution in [0.15, 0.2) is 47.2 Å². The van der Waals surface area contributed by atoms with Gasteiger partial charge in [0.1, 0.15) is 0 Å². The molecule has 0 spiro atoms. The first-order valence-electron chi connectivity index (χ1n) is 7.18. The molecule has 0 bridgehead atoms. The number of aromatic nitrogens is 1. The van der Waals surface area contributed by atoms with Gasteiger partial charge in [-0.3, -0.25) is 4.98 Å². The minimum Gasteiger partial charge on any atom is -0.324 e. The zero-order valence-electron chi connectivity index (χ0n) is 11.4. The van der Waals surface area contributed by atoms with Crippen molar-refractivity contribution in [2.24, 2.45) is 5.73 Å². The molecule has 0 saturated heterocycles. The number of pyridine rings is 1. The number of hydrogen-bond acceptors (Lipinski definition) is 2. The third kappa shape index (κ3) is 2.94. The van der Waals surface area contributed by atoms with Crippen LogP contribution in [0.5, 0.6) is 0 Å². The van der Waals surface area contributed by atoms with Crippen molar-refractivity contribution in [1.82, 2.24) is 4.98 Å². The summed E-state index contributed by atoms with van der Waals surface area (Å²) in [7, 11) is 0. The fourth-order valence-electron chi connectivity index (χ4n) is 3.17. The van der Waals surface area contributed by atoms with Gasteiger partial charge in [0.15, 0.2) is 0 Å². The predicted octanol–water partition coefficient (Wildman–Crippen LogP) is 4.35. The van der Waals surface area contributed by atoms with E-state index >= 15 is 0 Å². The highest BCUT2D eigenvalue weighted by Crippen LogP contribution is 2.37. The van der Waals surface area contributed by atoms with Crippen LogP contribution in [0.3, 0.4) is 0 Å². The molecule has 2 aromatic rings. The normalized spacial score (nSPS) is 19.4. The van der Waals surface area contributed by atoms with Gasteiger partial charge < -0.3 is 5.73 Å². The molecule has 2 N–H and O–H groups in total. The molecule has 20 heavy (non-hydrogen) atoms. The van der Waals surface area contributed by atoms with Crippen LogP contribution in [-0.2, 0) is 6.42 Å². The van der Waals surface area contributed by atoms with Gasteiger partial charge in [-0.1, -0.05) is 24.3 Å². The maximum Gasteiger partial charge on any atom is 0.0410 e. The van der Waals surface area contributed by atoms with Crippen LogP contribution >= 0.6 is 15.9 Å². The molecule has 1 heterocycles. The SMILES string of the molecule is NC(CC1CCCc2ccccc21)c1cncc(Br)c1. The average molecular weight is 331 g/mol. The van der Waals surface area contributed by atoms with Crippen molar-refractivity contribution in [1.29, 1.82) is 0 Å². The van der Waals surface area contributed by atoms with Gasteiger partial charge in [-0.15, -0.1) is 0 Å². The molecule has 2 nitrogen and oxygen atoms in total. The highest BCUT2D eigenvalue weighted by Gasteiger charge is 2.22. The van der Waals surface area contributed by atoms with Gasteiger partial charge >= 0.3 is 0 Å². The standard InChI is InChI=1S/C17H19BrN2/c18-15-8-14(10-20-11-15)17(19)9-13-6-3-5-12-4-1-2-7-16(12)13/h1-2,4,7-8,10-11,13,17H,3,5-6,9,19H2. The Morgan fingerprint density at radius 3 is 3.00 bits per heavy atom. The summed E-state index contributed by atoms with van der Waals surface area (Å²) in [5.74, 6) is 0.578. The third-order valence-corrected chi connectivity index (χ3v) is 4.62. The minimum atomic E-state index is 0.0520. The molecular formula is C17H19BrN2. The third-order valence-electron chi connectivity index (χ3n) is 4.19. The van der Waals surface area contributed by atoms with E-state index in [1.165, 1.54) is 30.4 Å². The van der Waals surface area contributed by atoms with E-state index in [0.717, 1.165) is 16.5 Å². The summed E-state index contributed by atoms with van der Waals surface area (Å²) in [6.07, 6.45) is 8.39. The van der Waals surface area contributed by atoms with Crippen molar-refractivity contribution in [2.45, 2.75) is 37.6 Å². The van der Waals surface area contributed by atoms with Gasteiger partial charge in [0.2, 0.25) is 0 Å². The molecule has 1 aromatic carbocycles. The van der Waals surface area contributed by atoms with Crippen molar-refractivity contribution in [3.63, 3.8) is 0 Å². The van der Waals surface area contributed by atoms with Crippen molar-refractivity contribution in [3.8, 4) is 0 Å².